The quantitative estimate of drug-likeness (QED) is 0.428. The van der Waals surface area contributed by atoms with Crippen LogP contribution in [0.5, 0.6) is 0 Å². The van der Waals surface area contributed by atoms with Gasteiger partial charge < -0.3 is 5.32 Å². The number of benzene rings is 1. The normalized spacial score (nSPS) is 10.8. The number of thioether (sulfide) groups is 2. The number of hydrogen-bond donors (Lipinski definition) is 1. The van der Waals surface area contributed by atoms with Crippen molar-refractivity contribution in [2.45, 2.75) is 37.4 Å². The van der Waals surface area contributed by atoms with Crippen molar-refractivity contribution in [3.05, 3.63) is 45.1 Å². The molecule has 0 saturated carbocycles. The third-order valence-electron chi connectivity index (χ3n) is 4.36. The highest BCUT2D eigenvalue weighted by atomic mass is 32.2. The number of aryl methyl sites for hydroxylation is 2. The number of thiophene rings is 1. The fourth-order valence-corrected chi connectivity index (χ4v) is 5.42. The van der Waals surface area contributed by atoms with Gasteiger partial charge in [0.2, 0.25) is 5.91 Å². The molecule has 0 bridgehead atoms. The van der Waals surface area contributed by atoms with E-state index in [0.717, 1.165) is 20.2 Å². The molecule has 0 spiro atoms. The summed E-state index contributed by atoms with van der Waals surface area (Å²) in [5, 5.41) is 12.9. The predicted molar refractivity (Wildman–Crippen MR) is 121 cm³/mol. The summed E-state index contributed by atoms with van der Waals surface area (Å²) in [6, 6.07) is 9.48. The molecule has 1 aromatic carbocycles. The Morgan fingerprint density at radius 1 is 1.31 bits per heavy atom. The molecule has 0 unspecified atom stereocenters. The van der Waals surface area contributed by atoms with Gasteiger partial charge in [0.15, 0.2) is 5.16 Å². The maximum absolute atomic E-state index is 12.9. The van der Waals surface area contributed by atoms with Crippen LogP contribution < -0.4 is 10.9 Å². The van der Waals surface area contributed by atoms with E-state index in [0.29, 0.717) is 28.5 Å². The highest BCUT2D eigenvalue weighted by Gasteiger charge is 2.17. The van der Waals surface area contributed by atoms with Gasteiger partial charge in [-0.3, -0.25) is 14.2 Å². The average Bonchev–Trinajstić information content (AvgIpc) is 2.99. The molecule has 3 rings (SSSR count). The third-order valence-corrected chi connectivity index (χ3v) is 7.37. The molecule has 0 aliphatic heterocycles. The molecule has 6 nitrogen and oxygen atoms in total. The van der Waals surface area contributed by atoms with Crippen molar-refractivity contribution in [3.8, 4) is 6.07 Å². The second kappa shape index (κ2) is 9.48. The van der Waals surface area contributed by atoms with E-state index in [4.69, 9.17) is 5.26 Å². The Kier molecular flexibility index (Phi) is 7.00. The second-order valence-electron chi connectivity index (χ2n) is 6.19. The monoisotopic (exact) mass is 444 g/mol. The van der Waals surface area contributed by atoms with Gasteiger partial charge in [-0.15, -0.1) is 23.1 Å². The molecule has 9 heteroatoms. The van der Waals surface area contributed by atoms with Gasteiger partial charge in [0.25, 0.3) is 5.56 Å². The lowest BCUT2D eigenvalue weighted by molar-refractivity contribution is -0.113. The van der Waals surface area contributed by atoms with Gasteiger partial charge in [-0.05, 0) is 38.5 Å². The number of amides is 1. The topological polar surface area (TPSA) is 87.8 Å². The van der Waals surface area contributed by atoms with Crippen LogP contribution in [0.15, 0.2) is 39.1 Å². The van der Waals surface area contributed by atoms with Crippen LogP contribution in [0.4, 0.5) is 5.69 Å². The van der Waals surface area contributed by atoms with Crippen molar-refractivity contribution >= 4 is 56.7 Å². The van der Waals surface area contributed by atoms with Gasteiger partial charge in [0, 0.05) is 16.3 Å². The zero-order valence-electron chi connectivity index (χ0n) is 16.3. The lowest BCUT2D eigenvalue weighted by Gasteiger charge is -2.11. The number of carbonyl (C=O) groups excluding carboxylic acids is 1. The number of anilines is 1. The van der Waals surface area contributed by atoms with E-state index in [1.807, 2.05) is 45.0 Å². The summed E-state index contributed by atoms with van der Waals surface area (Å²) in [5.41, 5.74) is 1.60. The molecule has 0 radical (unpaired) electrons. The van der Waals surface area contributed by atoms with Crippen molar-refractivity contribution < 1.29 is 4.79 Å². The second-order valence-corrected chi connectivity index (χ2v) is 9.35. The van der Waals surface area contributed by atoms with E-state index >= 15 is 0 Å². The van der Waals surface area contributed by atoms with Crippen LogP contribution in [0.3, 0.4) is 0 Å². The number of para-hydroxylation sites is 1. The number of nitriles is 1. The number of hydrogen-bond acceptors (Lipinski definition) is 7. The average molecular weight is 445 g/mol. The Hall–Kier alpha value is -2.28. The van der Waals surface area contributed by atoms with Crippen molar-refractivity contribution in [1.29, 1.82) is 5.26 Å². The summed E-state index contributed by atoms with van der Waals surface area (Å²) in [4.78, 5) is 32.7. The molecule has 0 saturated heterocycles. The summed E-state index contributed by atoms with van der Waals surface area (Å²) >= 11 is 4.14. The molecule has 0 atom stereocenters. The highest BCUT2D eigenvalue weighted by molar-refractivity contribution is 8.00. The first-order valence-electron chi connectivity index (χ1n) is 8.98. The molecule has 0 fully saturated rings. The van der Waals surface area contributed by atoms with Crippen LogP contribution in [0.25, 0.3) is 10.2 Å². The SMILES string of the molecule is CCn1c(SCC(=O)Nc2ccccc2SCC#N)nc2sc(C)c(C)c2c1=O. The van der Waals surface area contributed by atoms with Crippen LogP contribution in [0.2, 0.25) is 0 Å². The van der Waals surface area contributed by atoms with Crippen molar-refractivity contribution in [1.82, 2.24) is 9.55 Å². The Morgan fingerprint density at radius 2 is 2.07 bits per heavy atom. The Balaban J connectivity index is 1.78. The number of carbonyl (C=O) groups is 1. The van der Waals surface area contributed by atoms with Crippen molar-refractivity contribution in [3.63, 3.8) is 0 Å². The third kappa shape index (κ3) is 4.66. The lowest BCUT2D eigenvalue weighted by Crippen LogP contribution is -2.23. The molecule has 2 heterocycles. The van der Waals surface area contributed by atoms with Gasteiger partial charge >= 0.3 is 0 Å². The summed E-state index contributed by atoms with van der Waals surface area (Å²) in [5.74, 6) is 0.266. The molecule has 2 aromatic heterocycles. The van der Waals surface area contributed by atoms with Gasteiger partial charge in [-0.25, -0.2) is 4.98 Å². The van der Waals surface area contributed by atoms with Crippen LogP contribution in [-0.2, 0) is 11.3 Å². The Labute approximate surface area is 181 Å². The molecule has 0 aliphatic carbocycles. The molecule has 150 valence electrons. The largest absolute Gasteiger partial charge is 0.324 e. The number of nitrogens with one attached hydrogen (secondary N) is 1. The smallest absolute Gasteiger partial charge is 0.263 e. The van der Waals surface area contributed by atoms with E-state index in [2.05, 4.69) is 16.4 Å². The van der Waals surface area contributed by atoms with Gasteiger partial charge in [-0.2, -0.15) is 5.26 Å². The maximum Gasteiger partial charge on any atom is 0.263 e. The van der Waals surface area contributed by atoms with Crippen molar-refractivity contribution in [2.75, 3.05) is 16.8 Å². The zero-order chi connectivity index (χ0) is 21.0. The molecule has 3 aromatic rings. The summed E-state index contributed by atoms with van der Waals surface area (Å²) in [6.07, 6.45) is 0. The van der Waals surface area contributed by atoms with E-state index in [9.17, 15) is 9.59 Å². The first-order chi connectivity index (χ1) is 14.0. The lowest BCUT2D eigenvalue weighted by atomic mass is 10.2. The molecule has 29 heavy (non-hydrogen) atoms. The summed E-state index contributed by atoms with van der Waals surface area (Å²) < 4.78 is 1.62. The maximum atomic E-state index is 12.9. The van der Waals surface area contributed by atoms with Gasteiger partial charge in [0.1, 0.15) is 4.83 Å². The van der Waals surface area contributed by atoms with Gasteiger partial charge in [0.05, 0.1) is 28.6 Å². The molecular formula is C20H20N4O2S3. The van der Waals surface area contributed by atoms with E-state index in [1.165, 1.54) is 34.9 Å². The number of nitrogens with zero attached hydrogens (tertiary/aromatic N) is 3. The summed E-state index contributed by atoms with van der Waals surface area (Å²) in [6.45, 7) is 6.32. The van der Waals surface area contributed by atoms with Crippen LogP contribution >= 0.6 is 34.9 Å². The zero-order valence-corrected chi connectivity index (χ0v) is 18.8. The van der Waals surface area contributed by atoms with Crippen LogP contribution in [0, 0.1) is 25.2 Å². The van der Waals surface area contributed by atoms with E-state index in [-0.39, 0.29) is 17.2 Å². The highest BCUT2D eigenvalue weighted by Crippen LogP contribution is 2.29. The fraction of sp³-hybridized carbons (Fsp3) is 0.300. The standard InChI is InChI=1S/C20H20N4O2S3/c1-4-24-19(26)17-12(2)13(3)29-18(17)23-20(24)28-11-16(25)22-14-7-5-6-8-15(14)27-10-9-21/h5-8H,4,10-11H2,1-3H3,(H,22,25). The minimum atomic E-state index is -0.185. The predicted octanol–water partition coefficient (Wildman–Crippen LogP) is 4.44. The Morgan fingerprint density at radius 3 is 2.79 bits per heavy atom. The first kappa shape index (κ1) is 21.4. The molecular weight excluding hydrogens is 424 g/mol. The minimum Gasteiger partial charge on any atom is -0.324 e. The fourth-order valence-electron chi connectivity index (χ4n) is 2.82. The number of fused-ring (bicyclic) bond motifs is 1. The summed E-state index contributed by atoms with van der Waals surface area (Å²) in [7, 11) is 0. The molecule has 1 N–H and O–H groups in total. The minimum absolute atomic E-state index is 0.0551. The Bertz CT molecular complexity index is 1160. The first-order valence-corrected chi connectivity index (χ1v) is 11.8. The van der Waals surface area contributed by atoms with Crippen molar-refractivity contribution in [2.24, 2.45) is 0 Å². The molecule has 0 aliphatic rings. The van der Waals surface area contributed by atoms with Crippen LogP contribution in [-0.4, -0.2) is 27.0 Å². The number of rotatable bonds is 7. The molecule has 1 amide bonds. The van der Waals surface area contributed by atoms with E-state index in [1.54, 1.807) is 4.57 Å². The van der Waals surface area contributed by atoms with E-state index < -0.39 is 0 Å². The van der Waals surface area contributed by atoms with Gasteiger partial charge in [-0.1, -0.05) is 23.9 Å². The number of aromatic nitrogens is 2. The van der Waals surface area contributed by atoms with Crippen LogP contribution in [0.1, 0.15) is 17.4 Å².